The standard InChI is InChI=1S/C10H17NO4/c1-7-5-6-14-8(12)11(7)9(13)15-10(2,3)4/h7H,5-6H2,1-4H3. The van der Waals surface area contributed by atoms with Gasteiger partial charge in [0.05, 0.1) is 6.61 Å². The minimum absolute atomic E-state index is 0.166. The molecule has 5 nitrogen and oxygen atoms in total. The molecule has 1 unspecified atom stereocenters. The van der Waals surface area contributed by atoms with E-state index >= 15 is 0 Å². The molecule has 0 aromatic carbocycles. The van der Waals surface area contributed by atoms with E-state index in [0.717, 1.165) is 4.90 Å². The number of hydrogen-bond acceptors (Lipinski definition) is 4. The van der Waals surface area contributed by atoms with Gasteiger partial charge in [-0.15, -0.1) is 0 Å². The maximum atomic E-state index is 11.6. The Labute approximate surface area is 89.3 Å². The summed E-state index contributed by atoms with van der Waals surface area (Å²) in [5.41, 5.74) is -0.603. The first-order valence-corrected chi connectivity index (χ1v) is 5.00. The second kappa shape index (κ2) is 4.08. The SMILES string of the molecule is CC1CCOC(=O)N1C(=O)OC(C)(C)C. The number of carbonyl (C=O) groups is 2. The second-order valence-corrected chi connectivity index (χ2v) is 4.60. The summed E-state index contributed by atoms with van der Waals surface area (Å²) in [5, 5.41) is 0. The number of imide groups is 1. The number of amides is 2. The van der Waals surface area contributed by atoms with E-state index in [2.05, 4.69) is 0 Å². The van der Waals surface area contributed by atoms with Gasteiger partial charge in [-0.05, 0) is 27.7 Å². The predicted octanol–water partition coefficient (Wildman–Crippen LogP) is 2.15. The molecule has 0 aromatic rings. The lowest BCUT2D eigenvalue weighted by molar-refractivity contribution is 0.000637. The van der Waals surface area contributed by atoms with Gasteiger partial charge >= 0.3 is 12.2 Å². The summed E-state index contributed by atoms with van der Waals surface area (Å²) in [6.07, 6.45) is -0.618. The van der Waals surface area contributed by atoms with Gasteiger partial charge in [-0.1, -0.05) is 0 Å². The molecular formula is C10H17NO4. The lowest BCUT2D eigenvalue weighted by Gasteiger charge is -2.32. The molecule has 1 heterocycles. The Morgan fingerprint density at radius 3 is 2.60 bits per heavy atom. The third kappa shape index (κ3) is 3.11. The summed E-state index contributed by atoms with van der Waals surface area (Å²) in [6.45, 7) is 7.42. The predicted molar refractivity (Wildman–Crippen MR) is 53.5 cm³/mol. The first-order chi connectivity index (χ1) is 6.81. The monoisotopic (exact) mass is 215 g/mol. The molecule has 0 bridgehead atoms. The van der Waals surface area contributed by atoms with E-state index in [-0.39, 0.29) is 6.04 Å². The average Bonchev–Trinajstić information content (AvgIpc) is 1.99. The summed E-state index contributed by atoms with van der Waals surface area (Å²) < 4.78 is 9.89. The van der Waals surface area contributed by atoms with Gasteiger partial charge in [0, 0.05) is 12.5 Å². The number of nitrogens with zero attached hydrogens (tertiary/aromatic N) is 1. The van der Waals surface area contributed by atoms with E-state index in [4.69, 9.17) is 9.47 Å². The van der Waals surface area contributed by atoms with E-state index in [1.807, 2.05) is 0 Å². The van der Waals surface area contributed by atoms with Gasteiger partial charge in [0.2, 0.25) is 0 Å². The highest BCUT2D eigenvalue weighted by atomic mass is 16.6. The molecule has 1 fully saturated rings. The Morgan fingerprint density at radius 1 is 1.53 bits per heavy atom. The van der Waals surface area contributed by atoms with Crippen molar-refractivity contribution in [2.75, 3.05) is 6.61 Å². The zero-order valence-electron chi connectivity index (χ0n) is 9.57. The lowest BCUT2D eigenvalue weighted by Crippen LogP contribution is -2.49. The van der Waals surface area contributed by atoms with Crippen molar-refractivity contribution in [1.29, 1.82) is 0 Å². The van der Waals surface area contributed by atoms with E-state index in [1.54, 1.807) is 27.7 Å². The van der Waals surface area contributed by atoms with Gasteiger partial charge in [-0.25, -0.2) is 14.5 Å². The van der Waals surface area contributed by atoms with Gasteiger partial charge in [0.15, 0.2) is 0 Å². The molecule has 86 valence electrons. The van der Waals surface area contributed by atoms with E-state index < -0.39 is 17.8 Å². The fourth-order valence-corrected chi connectivity index (χ4v) is 1.26. The van der Waals surface area contributed by atoms with Crippen LogP contribution < -0.4 is 0 Å². The first kappa shape index (κ1) is 11.8. The van der Waals surface area contributed by atoms with Crippen molar-refractivity contribution in [2.45, 2.75) is 45.8 Å². The molecule has 0 N–H and O–H groups in total. The highest BCUT2D eigenvalue weighted by Gasteiger charge is 2.35. The van der Waals surface area contributed by atoms with Crippen LogP contribution in [0.1, 0.15) is 34.1 Å². The van der Waals surface area contributed by atoms with Crippen molar-refractivity contribution in [3.63, 3.8) is 0 Å². The largest absolute Gasteiger partial charge is 0.449 e. The van der Waals surface area contributed by atoms with Crippen LogP contribution in [0.4, 0.5) is 9.59 Å². The third-order valence-electron chi connectivity index (χ3n) is 1.99. The van der Waals surface area contributed by atoms with Crippen LogP contribution in [0.3, 0.4) is 0 Å². The van der Waals surface area contributed by atoms with Gasteiger partial charge in [0.25, 0.3) is 0 Å². The minimum atomic E-state index is -0.639. The van der Waals surface area contributed by atoms with Crippen LogP contribution in [0, 0.1) is 0 Å². The highest BCUT2D eigenvalue weighted by Crippen LogP contribution is 2.17. The number of rotatable bonds is 0. The molecule has 1 aliphatic rings. The second-order valence-electron chi connectivity index (χ2n) is 4.60. The fraction of sp³-hybridized carbons (Fsp3) is 0.800. The van der Waals surface area contributed by atoms with Crippen molar-refractivity contribution in [3.05, 3.63) is 0 Å². The first-order valence-electron chi connectivity index (χ1n) is 5.00. The van der Waals surface area contributed by atoms with E-state index in [0.29, 0.717) is 13.0 Å². The van der Waals surface area contributed by atoms with E-state index in [9.17, 15) is 9.59 Å². The van der Waals surface area contributed by atoms with Gasteiger partial charge in [-0.2, -0.15) is 0 Å². The normalized spacial score (nSPS) is 22.3. The van der Waals surface area contributed by atoms with Crippen LogP contribution in [0.2, 0.25) is 0 Å². The van der Waals surface area contributed by atoms with Crippen LogP contribution in [0.25, 0.3) is 0 Å². The Hall–Kier alpha value is -1.26. The summed E-state index contributed by atoms with van der Waals surface area (Å²) in [4.78, 5) is 24.0. The molecule has 0 aliphatic carbocycles. The molecule has 5 heteroatoms. The van der Waals surface area contributed by atoms with Crippen molar-refractivity contribution < 1.29 is 19.1 Å². The topological polar surface area (TPSA) is 55.8 Å². The molecule has 0 spiro atoms. The van der Waals surface area contributed by atoms with Crippen LogP contribution in [-0.4, -0.2) is 35.3 Å². The summed E-state index contributed by atoms with van der Waals surface area (Å²) in [6, 6.07) is -0.166. The van der Waals surface area contributed by atoms with Gasteiger partial charge in [0.1, 0.15) is 5.60 Å². The maximum absolute atomic E-state index is 11.6. The Morgan fingerprint density at radius 2 is 2.13 bits per heavy atom. The van der Waals surface area contributed by atoms with Crippen LogP contribution in [-0.2, 0) is 9.47 Å². The van der Waals surface area contributed by atoms with Crippen LogP contribution in [0.15, 0.2) is 0 Å². The smallest absolute Gasteiger partial charge is 0.420 e. The highest BCUT2D eigenvalue weighted by molar-refractivity contribution is 5.88. The molecular weight excluding hydrogens is 198 g/mol. The third-order valence-corrected chi connectivity index (χ3v) is 1.99. The van der Waals surface area contributed by atoms with E-state index in [1.165, 1.54) is 0 Å². The number of cyclic esters (lactones) is 1. The summed E-state index contributed by atoms with van der Waals surface area (Å²) in [5.74, 6) is 0. The number of carbonyl (C=O) groups excluding carboxylic acids is 2. The van der Waals surface area contributed by atoms with Crippen LogP contribution >= 0.6 is 0 Å². The Bertz CT molecular complexity index is 269. The van der Waals surface area contributed by atoms with Crippen molar-refractivity contribution >= 4 is 12.2 Å². The molecule has 1 saturated heterocycles. The molecule has 1 atom stereocenters. The van der Waals surface area contributed by atoms with Crippen molar-refractivity contribution in [3.8, 4) is 0 Å². The summed E-state index contributed by atoms with van der Waals surface area (Å²) in [7, 11) is 0. The molecule has 0 saturated carbocycles. The zero-order chi connectivity index (χ0) is 11.6. The Balaban J connectivity index is 2.68. The number of ether oxygens (including phenoxy) is 2. The Kier molecular flexibility index (Phi) is 3.21. The lowest BCUT2D eigenvalue weighted by atomic mass is 10.2. The maximum Gasteiger partial charge on any atom is 0.420 e. The van der Waals surface area contributed by atoms with Crippen molar-refractivity contribution in [1.82, 2.24) is 4.90 Å². The zero-order valence-corrected chi connectivity index (χ0v) is 9.57. The quantitative estimate of drug-likeness (QED) is 0.621. The molecule has 1 aliphatic heterocycles. The molecule has 15 heavy (non-hydrogen) atoms. The number of hydrogen-bond donors (Lipinski definition) is 0. The molecule has 0 aromatic heterocycles. The molecule has 1 rings (SSSR count). The average molecular weight is 215 g/mol. The van der Waals surface area contributed by atoms with Gasteiger partial charge in [-0.3, -0.25) is 0 Å². The fourth-order valence-electron chi connectivity index (χ4n) is 1.26. The van der Waals surface area contributed by atoms with Crippen molar-refractivity contribution in [2.24, 2.45) is 0 Å². The molecule has 0 radical (unpaired) electrons. The summed E-state index contributed by atoms with van der Waals surface area (Å²) >= 11 is 0. The van der Waals surface area contributed by atoms with Gasteiger partial charge < -0.3 is 9.47 Å². The van der Waals surface area contributed by atoms with Crippen LogP contribution in [0.5, 0.6) is 0 Å². The molecule has 2 amide bonds. The minimum Gasteiger partial charge on any atom is -0.449 e.